The molecule has 0 saturated carbocycles. The molecule has 7 nitrogen and oxygen atoms in total. The predicted molar refractivity (Wildman–Crippen MR) is 61.5 cm³/mol. The lowest BCUT2D eigenvalue weighted by Gasteiger charge is -2.12. The summed E-state index contributed by atoms with van der Waals surface area (Å²) in [6, 6.07) is -1.07. The SMILES string of the molecule is CCNC(=O)NC(=O)C(C)NCCCC(=O)O. The van der Waals surface area contributed by atoms with E-state index in [0.717, 1.165) is 0 Å². The van der Waals surface area contributed by atoms with Gasteiger partial charge in [0.2, 0.25) is 5.91 Å². The van der Waals surface area contributed by atoms with Gasteiger partial charge >= 0.3 is 12.0 Å². The first-order chi connectivity index (χ1) is 7.97. The Morgan fingerprint density at radius 3 is 2.47 bits per heavy atom. The van der Waals surface area contributed by atoms with Gasteiger partial charge in [-0.1, -0.05) is 0 Å². The zero-order valence-electron chi connectivity index (χ0n) is 10.1. The average Bonchev–Trinajstić information content (AvgIpc) is 2.23. The first kappa shape index (κ1) is 15.4. The van der Waals surface area contributed by atoms with E-state index >= 15 is 0 Å². The van der Waals surface area contributed by atoms with Crippen molar-refractivity contribution in [3.05, 3.63) is 0 Å². The fourth-order valence-corrected chi connectivity index (χ4v) is 1.08. The fourth-order valence-electron chi connectivity index (χ4n) is 1.08. The third-order valence-corrected chi connectivity index (χ3v) is 1.99. The number of aliphatic carboxylic acids is 1. The fraction of sp³-hybridized carbons (Fsp3) is 0.700. The zero-order chi connectivity index (χ0) is 13.3. The van der Waals surface area contributed by atoms with Crippen molar-refractivity contribution in [2.45, 2.75) is 32.7 Å². The van der Waals surface area contributed by atoms with Crippen LogP contribution in [0.5, 0.6) is 0 Å². The molecule has 0 heterocycles. The molecular formula is C10H19N3O4. The molecular weight excluding hydrogens is 226 g/mol. The van der Waals surface area contributed by atoms with E-state index in [2.05, 4.69) is 16.0 Å². The molecule has 0 aromatic carbocycles. The van der Waals surface area contributed by atoms with Crippen molar-refractivity contribution in [1.82, 2.24) is 16.0 Å². The third-order valence-electron chi connectivity index (χ3n) is 1.99. The summed E-state index contributed by atoms with van der Waals surface area (Å²) < 4.78 is 0. The Hall–Kier alpha value is -1.63. The summed E-state index contributed by atoms with van der Waals surface area (Å²) in [6.07, 6.45) is 0.492. The van der Waals surface area contributed by atoms with E-state index in [1.54, 1.807) is 13.8 Å². The average molecular weight is 245 g/mol. The van der Waals surface area contributed by atoms with Gasteiger partial charge in [-0.3, -0.25) is 14.9 Å². The first-order valence-electron chi connectivity index (χ1n) is 5.51. The van der Waals surface area contributed by atoms with Gasteiger partial charge in [-0.25, -0.2) is 4.79 Å². The van der Waals surface area contributed by atoms with E-state index in [1.165, 1.54) is 0 Å². The van der Waals surface area contributed by atoms with Crippen LogP contribution in [0.1, 0.15) is 26.7 Å². The van der Waals surface area contributed by atoms with Crippen LogP contribution in [0.3, 0.4) is 0 Å². The van der Waals surface area contributed by atoms with Crippen LogP contribution in [0.25, 0.3) is 0 Å². The van der Waals surface area contributed by atoms with E-state index in [-0.39, 0.29) is 6.42 Å². The van der Waals surface area contributed by atoms with Gasteiger partial charge in [0.25, 0.3) is 0 Å². The maximum absolute atomic E-state index is 11.4. The van der Waals surface area contributed by atoms with E-state index in [4.69, 9.17) is 5.11 Å². The quantitative estimate of drug-likeness (QED) is 0.460. The van der Waals surface area contributed by atoms with Crippen LogP contribution in [0.2, 0.25) is 0 Å². The summed E-state index contributed by atoms with van der Waals surface area (Å²) in [7, 11) is 0. The number of carbonyl (C=O) groups excluding carboxylic acids is 2. The number of imide groups is 1. The number of urea groups is 1. The second-order valence-electron chi connectivity index (χ2n) is 3.52. The first-order valence-corrected chi connectivity index (χ1v) is 5.51. The second-order valence-corrected chi connectivity index (χ2v) is 3.52. The van der Waals surface area contributed by atoms with E-state index in [1.807, 2.05) is 0 Å². The van der Waals surface area contributed by atoms with Crippen molar-refractivity contribution in [3.63, 3.8) is 0 Å². The molecule has 0 rings (SSSR count). The van der Waals surface area contributed by atoms with E-state index < -0.39 is 23.9 Å². The van der Waals surface area contributed by atoms with Crippen molar-refractivity contribution >= 4 is 17.9 Å². The lowest BCUT2D eigenvalue weighted by Crippen LogP contribution is -2.48. The molecule has 17 heavy (non-hydrogen) atoms. The van der Waals surface area contributed by atoms with E-state index in [9.17, 15) is 14.4 Å². The molecule has 1 atom stereocenters. The molecule has 4 N–H and O–H groups in total. The Labute approximate surface area is 100.0 Å². The van der Waals surface area contributed by atoms with Crippen molar-refractivity contribution < 1.29 is 19.5 Å². The van der Waals surface area contributed by atoms with Crippen LogP contribution in [0.4, 0.5) is 4.79 Å². The number of hydrogen-bond donors (Lipinski definition) is 4. The zero-order valence-corrected chi connectivity index (χ0v) is 10.1. The van der Waals surface area contributed by atoms with Gasteiger partial charge in [0.1, 0.15) is 0 Å². The topological polar surface area (TPSA) is 108 Å². The molecule has 0 fully saturated rings. The molecule has 0 radical (unpaired) electrons. The summed E-state index contributed by atoms with van der Waals surface area (Å²) in [6.45, 7) is 4.21. The maximum Gasteiger partial charge on any atom is 0.321 e. The molecule has 0 aliphatic heterocycles. The minimum atomic E-state index is -0.869. The van der Waals surface area contributed by atoms with Crippen molar-refractivity contribution in [2.24, 2.45) is 0 Å². The van der Waals surface area contributed by atoms with Gasteiger partial charge in [-0.05, 0) is 26.8 Å². The van der Waals surface area contributed by atoms with Gasteiger partial charge in [0.15, 0.2) is 0 Å². The van der Waals surface area contributed by atoms with Crippen molar-refractivity contribution in [1.29, 1.82) is 0 Å². The number of carboxylic acid groups (broad SMARTS) is 1. The molecule has 0 aliphatic carbocycles. The van der Waals surface area contributed by atoms with Gasteiger partial charge in [0, 0.05) is 13.0 Å². The molecule has 3 amide bonds. The second kappa shape index (κ2) is 8.51. The normalized spacial score (nSPS) is 11.6. The highest BCUT2D eigenvalue weighted by molar-refractivity contribution is 5.96. The Morgan fingerprint density at radius 1 is 1.29 bits per heavy atom. The van der Waals surface area contributed by atoms with Crippen LogP contribution in [-0.4, -0.2) is 42.1 Å². The lowest BCUT2D eigenvalue weighted by molar-refractivity contribution is -0.137. The number of carboxylic acids is 1. The largest absolute Gasteiger partial charge is 0.481 e. The molecule has 98 valence electrons. The third kappa shape index (κ3) is 8.21. The smallest absolute Gasteiger partial charge is 0.321 e. The number of hydrogen-bond acceptors (Lipinski definition) is 4. The summed E-state index contributed by atoms with van der Waals surface area (Å²) in [5.41, 5.74) is 0. The Balaban J connectivity index is 3.74. The molecule has 0 aromatic rings. The molecule has 7 heteroatoms. The van der Waals surface area contributed by atoms with Crippen LogP contribution in [0.15, 0.2) is 0 Å². The Kier molecular flexibility index (Phi) is 7.70. The number of amides is 3. The molecule has 0 aliphatic rings. The van der Waals surface area contributed by atoms with Crippen molar-refractivity contribution in [2.75, 3.05) is 13.1 Å². The summed E-state index contributed by atoms with van der Waals surface area (Å²) in [5.74, 6) is -1.31. The van der Waals surface area contributed by atoms with Crippen LogP contribution in [0, 0.1) is 0 Å². The van der Waals surface area contributed by atoms with Crippen LogP contribution < -0.4 is 16.0 Å². The monoisotopic (exact) mass is 245 g/mol. The number of nitrogens with one attached hydrogen (secondary N) is 3. The highest BCUT2D eigenvalue weighted by Gasteiger charge is 2.14. The molecule has 0 aromatic heterocycles. The molecule has 0 spiro atoms. The molecule has 0 bridgehead atoms. The predicted octanol–water partition coefficient (Wildman–Crippen LogP) is -0.325. The number of carbonyl (C=O) groups is 3. The van der Waals surface area contributed by atoms with Gasteiger partial charge in [-0.2, -0.15) is 0 Å². The molecule has 0 saturated heterocycles. The highest BCUT2D eigenvalue weighted by Crippen LogP contribution is 1.88. The standard InChI is InChI=1S/C10H19N3O4/c1-3-11-10(17)13-9(16)7(2)12-6-4-5-8(14)15/h7,12H,3-6H2,1-2H3,(H,14,15)(H2,11,13,16,17). The summed E-state index contributed by atoms with van der Waals surface area (Å²) in [4.78, 5) is 32.7. The number of rotatable bonds is 7. The van der Waals surface area contributed by atoms with Crippen LogP contribution >= 0.6 is 0 Å². The van der Waals surface area contributed by atoms with Gasteiger partial charge in [-0.15, -0.1) is 0 Å². The Bertz CT molecular complexity index is 281. The van der Waals surface area contributed by atoms with E-state index in [0.29, 0.717) is 19.5 Å². The maximum atomic E-state index is 11.4. The summed E-state index contributed by atoms with van der Waals surface area (Å²) in [5, 5.41) is 15.8. The van der Waals surface area contributed by atoms with Crippen LogP contribution in [-0.2, 0) is 9.59 Å². The highest BCUT2D eigenvalue weighted by atomic mass is 16.4. The summed E-state index contributed by atoms with van der Waals surface area (Å²) >= 11 is 0. The van der Waals surface area contributed by atoms with Gasteiger partial charge < -0.3 is 15.7 Å². The lowest BCUT2D eigenvalue weighted by atomic mass is 10.2. The minimum absolute atomic E-state index is 0.0532. The molecule has 1 unspecified atom stereocenters. The van der Waals surface area contributed by atoms with Gasteiger partial charge in [0.05, 0.1) is 6.04 Å². The van der Waals surface area contributed by atoms with Crippen molar-refractivity contribution in [3.8, 4) is 0 Å². The Morgan fingerprint density at radius 2 is 1.94 bits per heavy atom. The minimum Gasteiger partial charge on any atom is -0.481 e.